The molecule has 16 heavy (non-hydrogen) atoms. The van der Waals surface area contributed by atoms with E-state index in [1.54, 1.807) is 0 Å². The molecule has 6 N–H and O–H groups in total. The number of aliphatic carboxylic acids is 2. The molecule has 0 rings (SSSR count). The van der Waals surface area contributed by atoms with E-state index in [0.29, 0.717) is 0 Å². The molecule has 0 aromatic rings. The number of aliphatic hydroxyl groups is 4. The summed E-state index contributed by atoms with van der Waals surface area (Å²) >= 11 is 0. The maximum absolute atomic E-state index is 10.1. The summed E-state index contributed by atoms with van der Waals surface area (Å²) < 4.78 is 0. The van der Waals surface area contributed by atoms with Crippen LogP contribution < -0.4 is 29.6 Å². The Balaban J connectivity index is -0.000000282. The first-order valence-corrected chi connectivity index (χ1v) is 3.47. The van der Waals surface area contributed by atoms with Crippen molar-refractivity contribution in [3.63, 3.8) is 0 Å². The fourth-order valence-corrected chi connectivity index (χ4v) is 0.666. The summed E-state index contributed by atoms with van der Waals surface area (Å²) in [6.45, 7) is 0. The third-order valence-corrected chi connectivity index (χ3v) is 1.50. The molecule has 0 amide bonds. The summed E-state index contributed by atoms with van der Waals surface area (Å²) in [5.41, 5.74) is 0. The standard InChI is InChI=1S/C6H10O8.Na.Zr.H/c7-1(3(9)5(11)12)2(8)4(10)6(13)14;;;/h1-4,7-10H,(H,11,12)(H,13,14);;;/q;+1;;-1. The van der Waals surface area contributed by atoms with Crippen LogP contribution in [0.4, 0.5) is 0 Å². The number of carbonyl (C=O) groups is 2. The molecule has 4 atom stereocenters. The van der Waals surface area contributed by atoms with Crippen LogP contribution in [-0.4, -0.2) is 67.0 Å². The van der Waals surface area contributed by atoms with Gasteiger partial charge in [0, 0.05) is 26.2 Å². The predicted octanol–water partition coefficient (Wildman–Crippen LogP) is -6.29. The fraction of sp³-hybridized carbons (Fsp3) is 0.667. The van der Waals surface area contributed by atoms with Crippen LogP contribution in [0.1, 0.15) is 1.43 Å². The Kier molecular flexibility index (Phi) is 13.2. The molecule has 0 aromatic heterocycles. The van der Waals surface area contributed by atoms with Crippen LogP contribution in [0.25, 0.3) is 0 Å². The second-order valence-corrected chi connectivity index (χ2v) is 2.55. The first-order chi connectivity index (χ1) is 6.29. The molecule has 10 heteroatoms. The van der Waals surface area contributed by atoms with E-state index in [0.717, 1.165) is 0 Å². The van der Waals surface area contributed by atoms with Gasteiger partial charge in [0.1, 0.15) is 12.2 Å². The topological polar surface area (TPSA) is 156 Å². The molecule has 0 aromatic carbocycles. The average molecular weight is 325 g/mol. The van der Waals surface area contributed by atoms with Gasteiger partial charge in [0.05, 0.1) is 0 Å². The zero-order valence-corrected chi connectivity index (χ0v) is 12.8. The number of aliphatic hydroxyl groups excluding tert-OH is 4. The summed E-state index contributed by atoms with van der Waals surface area (Å²) in [7, 11) is 0. The van der Waals surface area contributed by atoms with Crippen LogP contribution in [0.2, 0.25) is 0 Å². The van der Waals surface area contributed by atoms with Crippen molar-refractivity contribution < 1.29 is 97.4 Å². The summed E-state index contributed by atoms with van der Waals surface area (Å²) in [6, 6.07) is 0. The number of hydrogen-bond donors (Lipinski definition) is 6. The van der Waals surface area contributed by atoms with Gasteiger partial charge >= 0.3 is 41.5 Å². The smallest absolute Gasteiger partial charge is 1.00 e. The van der Waals surface area contributed by atoms with Crippen molar-refractivity contribution in [1.29, 1.82) is 0 Å². The molecule has 0 heterocycles. The second kappa shape index (κ2) is 9.67. The van der Waals surface area contributed by atoms with Gasteiger partial charge in [-0.3, -0.25) is 0 Å². The van der Waals surface area contributed by atoms with E-state index in [2.05, 4.69) is 0 Å². The van der Waals surface area contributed by atoms with Crippen molar-refractivity contribution >= 4 is 11.9 Å². The largest absolute Gasteiger partial charge is 1.00 e. The Morgan fingerprint density at radius 2 is 1.00 bits per heavy atom. The van der Waals surface area contributed by atoms with Gasteiger partial charge in [-0.15, -0.1) is 0 Å². The normalized spacial score (nSPS) is 17.0. The third kappa shape index (κ3) is 6.41. The van der Waals surface area contributed by atoms with Gasteiger partial charge in [-0.05, 0) is 0 Å². The van der Waals surface area contributed by atoms with Crippen molar-refractivity contribution in [3.8, 4) is 0 Å². The van der Waals surface area contributed by atoms with Crippen LogP contribution in [-0.2, 0) is 35.8 Å². The molecule has 0 spiro atoms. The Morgan fingerprint density at radius 1 is 0.812 bits per heavy atom. The first kappa shape index (κ1) is 21.9. The van der Waals surface area contributed by atoms with Crippen LogP contribution >= 0.6 is 0 Å². The maximum Gasteiger partial charge on any atom is 1.00 e. The Hall–Kier alpha value is 0.663. The van der Waals surface area contributed by atoms with Gasteiger partial charge in [0.15, 0.2) is 12.2 Å². The molecule has 0 aliphatic carbocycles. The number of rotatable bonds is 5. The van der Waals surface area contributed by atoms with Crippen LogP contribution in [0.5, 0.6) is 0 Å². The summed E-state index contributed by atoms with van der Waals surface area (Å²) in [5, 5.41) is 51.5. The van der Waals surface area contributed by atoms with E-state index in [1.807, 2.05) is 0 Å². The van der Waals surface area contributed by atoms with Gasteiger partial charge < -0.3 is 32.1 Å². The molecule has 4 unspecified atom stereocenters. The van der Waals surface area contributed by atoms with Crippen molar-refractivity contribution in [2.24, 2.45) is 0 Å². The summed E-state index contributed by atoms with van der Waals surface area (Å²) in [4.78, 5) is 20.2. The fourth-order valence-electron chi connectivity index (χ4n) is 0.666. The van der Waals surface area contributed by atoms with Crippen molar-refractivity contribution in [1.82, 2.24) is 0 Å². The van der Waals surface area contributed by atoms with Crippen molar-refractivity contribution in [2.45, 2.75) is 24.4 Å². The van der Waals surface area contributed by atoms with Gasteiger partial charge in [-0.1, -0.05) is 0 Å². The summed E-state index contributed by atoms with van der Waals surface area (Å²) in [5.74, 6) is -3.68. The average Bonchev–Trinajstić information content (AvgIpc) is 2.12. The predicted molar refractivity (Wildman–Crippen MR) is 40.4 cm³/mol. The minimum Gasteiger partial charge on any atom is -1.00 e. The third-order valence-electron chi connectivity index (χ3n) is 1.50. The molecule has 0 aliphatic rings. The van der Waals surface area contributed by atoms with Gasteiger partial charge in [-0.2, -0.15) is 0 Å². The van der Waals surface area contributed by atoms with Gasteiger partial charge in [0.25, 0.3) is 0 Å². The molecule has 0 bridgehead atoms. The van der Waals surface area contributed by atoms with E-state index in [1.165, 1.54) is 0 Å². The van der Waals surface area contributed by atoms with Crippen molar-refractivity contribution in [3.05, 3.63) is 0 Å². The number of hydrogen-bond acceptors (Lipinski definition) is 6. The SMILES string of the molecule is O=C(O)C(O)C(O)C(O)C(O)C(=O)O.[H-].[Na+].[Zr]. The summed E-state index contributed by atoms with van der Waals surface area (Å²) in [6.07, 6.45) is -9.28. The number of carboxylic acid groups (broad SMARTS) is 2. The van der Waals surface area contributed by atoms with Gasteiger partial charge in [0.2, 0.25) is 0 Å². The zero-order chi connectivity index (χ0) is 11.5. The van der Waals surface area contributed by atoms with Crippen LogP contribution in [0.3, 0.4) is 0 Å². The Labute approximate surface area is 133 Å². The molecular weight excluding hydrogens is 314 g/mol. The second-order valence-electron chi connectivity index (χ2n) is 2.55. The zero-order valence-electron chi connectivity index (χ0n) is 9.31. The van der Waals surface area contributed by atoms with Gasteiger partial charge in [-0.25, -0.2) is 9.59 Å². The van der Waals surface area contributed by atoms with E-state index < -0.39 is 36.4 Å². The van der Waals surface area contributed by atoms with E-state index >= 15 is 0 Å². The van der Waals surface area contributed by atoms with Crippen molar-refractivity contribution in [2.75, 3.05) is 0 Å². The van der Waals surface area contributed by atoms with E-state index in [-0.39, 0.29) is 57.2 Å². The molecule has 88 valence electrons. The maximum atomic E-state index is 10.1. The molecule has 0 aliphatic heterocycles. The monoisotopic (exact) mass is 324 g/mol. The molecule has 8 nitrogen and oxygen atoms in total. The minimum absolute atomic E-state index is 0. The van der Waals surface area contributed by atoms with Crippen LogP contribution in [0, 0.1) is 0 Å². The number of carboxylic acids is 2. The quantitative estimate of drug-likeness (QED) is 0.273. The first-order valence-electron chi connectivity index (χ1n) is 3.47. The molecular formula is C6H11NaO8Zr. The molecule has 0 saturated carbocycles. The molecule has 0 saturated heterocycles. The Bertz CT molecular complexity index is 218. The Morgan fingerprint density at radius 3 is 1.12 bits per heavy atom. The molecule has 0 radical (unpaired) electrons. The van der Waals surface area contributed by atoms with E-state index in [4.69, 9.17) is 30.6 Å². The molecule has 0 fully saturated rings. The van der Waals surface area contributed by atoms with Crippen LogP contribution in [0.15, 0.2) is 0 Å². The minimum atomic E-state index is -2.36. The van der Waals surface area contributed by atoms with E-state index in [9.17, 15) is 9.59 Å².